The Labute approximate surface area is 80.9 Å². The van der Waals surface area contributed by atoms with Gasteiger partial charge in [-0.15, -0.1) is 0 Å². The van der Waals surface area contributed by atoms with E-state index in [0.29, 0.717) is 11.8 Å². The topological polar surface area (TPSA) is 0 Å². The van der Waals surface area contributed by atoms with E-state index >= 15 is 0 Å². The Kier molecular flexibility index (Phi) is 3.13. The summed E-state index contributed by atoms with van der Waals surface area (Å²) < 4.78 is 24.8. The van der Waals surface area contributed by atoms with Crippen molar-refractivity contribution >= 4 is 15.9 Å². The van der Waals surface area contributed by atoms with E-state index in [0.717, 1.165) is 18.7 Å². The molecule has 0 nitrogen and oxygen atoms in total. The molecule has 0 aromatic carbocycles. The van der Waals surface area contributed by atoms with E-state index < -0.39 is 5.92 Å². The van der Waals surface area contributed by atoms with E-state index in [1.54, 1.807) is 0 Å². The van der Waals surface area contributed by atoms with Crippen LogP contribution in [0.25, 0.3) is 0 Å². The third kappa shape index (κ3) is 3.38. The largest absolute Gasteiger partial charge is 0.245 e. The van der Waals surface area contributed by atoms with Gasteiger partial charge in [0.1, 0.15) is 0 Å². The fourth-order valence-electron chi connectivity index (χ4n) is 1.40. The molecule has 1 saturated carbocycles. The standard InChI is InChI=1S/C9H15BrF2/c1-8(11,12)3-2-4-9(7-10)5-6-9/h2-7H2,1H3. The van der Waals surface area contributed by atoms with Crippen molar-refractivity contribution in [3.8, 4) is 0 Å². The van der Waals surface area contributed by atoms with Crippen LogP contribution in [-0.2, 0) is 0 Å². The van der Waals surface area contributed by atoms with Crippen molar-refractivity contribution in [1.82, 2.24) is 0 Å². The summed E-state index contributed by atoms with van der Waals surface area (Å²) in [6.07, 6.45) is 4.10. The third-order valence-electron chi connectivity index (χ3n) is 2.56. The van der Waals surface area contributed by atoms with Gasteiger partial charge in [-0.05, 0) is 38.0 Å². The first-order valence-corrected chi connectivity index (χ1v) is 5.53. The number of rotatable bonds is 5. The Hall–Kier alpha value is 0.340. The van der Waals surface area contributed by atoms with E-state index in [9.17, 15) is 8.78 Å². The molecule has 1 fully saturated rings. The predicted octanol–water partition coefficient (Wildman–Crippen LogP) is 3.99. The lowest BCUT2D eigenvalue weighted by atomic mass is 10.0. The zero-order valence-electron chi connectivity index (χ0n) is 7.38. The van der Waals surface area contributed by atoms with Crippen molar-refractivity contribution < 1.29 is 8.78 Å². The zero-order chi connectivity index (χ0) is 9.24. The summed E-state index contributed by atoms with van der Waals surface area (Å²) in [6, 6.07) is 0. The zero-order valence-corrected chi connectivity index (χ0v) is 8.96. The van der Waals surface area contributed by atoms with E-state index in [4.69, 9.17) is 0 Å². The van der Waals surface area contributed by atoms with Gasteiger partial charge in [-0.1, -0.05) is 15.9 Å². The number of hydrogen-bond donors (Lipinski definition) is 0. The summed E-state index contributed by atoms with van der Waals surface area (Å²) >= 11 is 3.43. The smallest absolute Gasteiger partial charge is 0.207 e. The van der Waals surface area contributed by atoms with Crippen LogP contribution in [0.3, 0.4) is 0 Å². The molecule has 3 heteroatoms. The van der Waals surface area contributed by atoms with Crippen LogP contribution in [0.1, 0.15) is 39.0 Å². The first-order valence-electron chi connectivity index (χ1n) is 4.41. The molecule has 0 spiro atoms. The van der Waals surface area contributed by atoms with Gasteiger partial charge in [0, 0.05) is 11.8 Å². The Balaban J connectivity index is 2.10. The summed E-state index contributed by atoms with van der Waals surface area (Å²) in [5, 5.41) is 0.981. The van der Waals surface area contributed by atoms with Crippen molar-refractivity contribution in [3.05, 3.63) is 0 Å². The van der Waals surface area contributed by atoms with Crippen LogP contribution in [-0.4, -0.2) is 11.3 Å². The van der Waals surface area contributed by atoms with Crippen molar-refractivity contribution in [2.45, 2.75) is 45.0 Å². The summed E-state index contributed by atoms with van der Waals surface area (Å²) in [7, 11) is 0. The molecule has 72 valence electrons. The number of alkyl halides is 3. The minimum Gasteiger partial charge on any atom is -0.207 e. The van der Waals surface area contributed by atoms with Crippen LogP contribution in [0.2, 0.25) is 0 Å². The monoisotopic (exact) mass is 240 g/mol. The lowest BCUT2D eigenvalue weighted by Gasteiger charge is -2.13. The highest BCUT2D eigenvalue weighted by atomic mass is 79.9. The SMILES string of the molecule is CC(F)(F)CCCC1(CBr)CC1. The van der Waals surface area contributed by atoms with Gasteiger partial charge in [0.05, 0.1) is 0 Å². The Bertz CT molecular complexity index is 147. The van der Waals surface area contributed by atoms with Crippen molar-refractivity contribution in [1.29, 1.82) is 0 Å². The normalized spacial score (nSPS) is 21.0. The highest BCUT2D eigenvalue weighted by Gasteiger charge is 2.41. The molecule has 0 saturated heterocycles. The Morgan fingerprint density at radius 3 is 2.33 bits per heavy atom. The molecule has 0 bridgehead atoms. The number of hydrogen-bond acceptors (Lipinski definition) is 0. The van der Waals surface area contributed by atoms with Crippen molar-refractivity contribution in [3.63, 3.8) is 0 Å². The second-order valence-electron chi connectivity index (χ2n) is 4.06. The average Bonchev–Trinajstić information content (AvgIpc) is 2.67. The molecule has 1 aliphatic carbocycles. The molecule has 0 aromatic heterocycles. The minimum absolute atomic E-state index is 0.0434. The summed E-state index contributed by atoms with van der Waals surface area (Å²) in [5.74, 6) is -2.47. The summed E-state index contributed by atoms with van der Waals surface area (Å²) in [6.45, 7) is 1.00. The van der Waals surface area contributed by atoms with Gasteiger partial charge in [0.15, 0.2) is 0 Å². The maximum absolute atomic E-state index is 12.4. The molecule has 0 aliphatic heterocycles. The maximum atomic E-state index is 12.4. The highest BCUT2D eigenvalue weighted by molar-refractivity contribution is 9.09. The van der Waals surface area contributed by atoms with Crippen LogP contribution in [0.5, 0.6) is 0 Å². The van der Waals surface area contributed by atoms with Crippen LogP contribution >= 0.6 is 15.9 Å². The highest BCUT2D eigenvalue weighted by Crippen LogP contribution is 2.51. The quantitative estimate of drug-likeness (QED) is 0.638. The molecule has 0 heterocycles. The van der Waals surface area contributed by atoms with Gasteiger partial charge in [-0.25, -0.2) is 8.78 Å². The molecule has 0 amide bonds. The van der Waals surface area contributed by atoms with Crippen LogP contribution in [0.4, 0.5) is 8.78 Å². The van der Waals surface area contributed by atoms with Gasteiger partial charge in [-0.2, -0.15) is 0 Å². The second-order valence-corrected chi connectivity index (χ2v) is 4.62. The van der Waals surface area contributed by atoms with E-state index in [1.807, 2.05) is 0 Å². The lowest BCUT2D eigenvalue weighted by molar-refractivity contribution is 0.00937. The average molecular weight is 241 g/mol. The van der Waals surface area contributed by atoms with Crippen molar-refractivity contribution in [2.75, 3.05) is 5.33 Å². The molecular weight excluding hydrogens is 226 g/mol. The summed E-state index contributed by atoms with van der Waals surface area (Å²) in [5.41, 5.74) is 0.394. The first kappa shape index (κ1) is 10.4. The Morgan fingerprint density at radius 2 is 2.00 bits per heavy atom. The molecule has 0 atom stereocenters. The van der Waals surface area contributed by atoms with Gasteiger partial charge < -0.3 is 0 Å². The summed E-state index contributed by atoms with van der Waals surface area (Å²) in [4.78, 5) is 0. The molecule has 1 aliphatic rings. The van der Waals surface area contributed by atoms with E-state index in [2.05, 4.69) is 15.9 Å². The fraction of sp³-hybridized carbons (Fsp3) is 1.00. The predicted molar refractivity (Wildman–Crippen MR) is 49.9 cm³/mol. The van der Waals surface area contributed by atoms with Gasteiger partial charge in [-0.3, -0.25) is 0 Å². The molecule has 0 aromatic rings. The van der Waals surface area contributed by atoms with Crippen LogP contribution in [0.15, 0.2) is 0 Å². The minimum atomic E-state index is -2.47. The van der Waals surface area contributed by atoms with E-state index in [1.165, 1.54) is 12.8 Å². The maximum Gasteiger partial charge on any atom is 0.245 e. The molecular formula is C9H15BrF2. The lowest BCUT2D eigenvalue weighted by Crippen LogP contribution is -2.11. The number of halogens is 3. The van der Waals surface area contributed by atoms with E-state index in [-0.39, 0.29) is 6.42 Å². The van der Waals surface area contributed by atoms with Gasteiger partial charge in [0.25, 0.3) is 0 Å². The van der Waals surface area contributed by atoms with Gasteiger partial charge in [0.2, 0.25) is 5.92 Å². The second kappa shape index (κ2) is 3.60. The van der Waals surface area contributed by atoms with Crippen LogP contribution in [0, 0.1) is 5.41 Å². The van der Waals surface area contributed by atoms with Crippen LogP contribution < -0.4 is 0 Å². The van der Waals surface area contributed by atoms with Gasteiger partial charge >= 0.3 is 0 Å². The first-order chi connectivity index (χ1) is 5.47. The molecule has 1 rings (SSSR count). The molecule has 0 radical (unpaired) electrons. The molecule has 0 unspecified atom stereocenters. The molecule has 0 N–H and O–H groups in total. The fourth-order valence-corrected chi connectivity index (χ4v) is 2.24. The van der Waals surface area contributed by atoms with Crippen molar-refractivity contribution in [2.24, 2.45) is 5.41 Å². The third-order valence-corrected chi connectivity index (χ3v) is 3.75. The Morgan fingerprint density at radius 1 is 1.42 bits per heavy atom. The molecule has 12 heavy (non-hydrogen) atoms.